The largest absolute Gasteiger partial charge is 0.457 e. The Morgan fingerprint density at radius 3 is 1.61 bits per heavy atom. The normalized spacial score (nSPS) is 15.0. The third-order valence-electron chi connectivity index (χ3n) is 14.3. The van der Waals surface area contributed by atoms with E-state index in [2.05, 4.69) is 102 Å². The summed E-state index contributed by atoms with van der Waals surface area (Å²) in [6, 6.07) is 36.7. The van der Waals surface area contributed by atoms with Crippen LogP contribution in [0.25, 0.3) is 49.9 Å². The van der Waals surface area contributed by atoms with Crippen LogP contribution in [0.4, 0.5) is 22.7 Å². The Morgan fingerprint density at radius 2 is 1.00 bits per heavy atom. The van der Waals surface area contributed by atoms with Gasteiger partial charge in [0.1, 0.15) is 35.5 Å². The van der Waals surface area contributed by atoms with Gasteiger partial charge in [0.2, 0.25) is 0 Å². The predicted molar refractivity (Wildman–Crippen MR) is 319 cm³/mol. The molecule has 76 heavy (non-hydrogen) atoms. The summed E-state index contributed by atoms with van der Waals surface area (Å²) in [6.07, 6.45) is 1.79. The number of aromatic nitrogens is 2. The fourth-order valence-corrected chi connectivity index (χ4v) is 10.2. The molecule has 0 saturated carbocycles. The first kappa shape index (κ1) is 39.3. The van der Waals surface area contributed by atoms with Crippen molar-refractivity contribution in [3.63, 3.8) is 0 Å². The van der Waals surface area contributed by atoms with Crippen LogP contribution in [0.2, 0.25) is 0 Å². The first-order valence-corrected chi connectivity index (χ1v) is 26.0. The van der Waals surface area contributed by atoms with Gasteiger partial charge in [-0.3, -0.25) is 4.57 Å². The molecule has 10 aromatic rings. The molecule has 1 aliphatic rings. The van der Waals surface area contributed by atoms with Gasteiger partial charge in [0.05, 0.1) is 41.8 Å². The van der Waals surface area contributed by atoms with Gasteiger partial charge >= 0.3 is 0 Å². The van der Waals surface area contributed by atoms with E-state index in [9.17, 15) is 5.48 Å². The van der Waals surface area contributed by atoms with Crippen LogP contribution < -0.4 is 19.3 Å². The molecule has 0 aliphatic carbocycles. The number of nitrogens with zero attached hydrogens (tertiary/aromatic N) is 4. The highest BCUT2D eigenvalue weighted by Crippen LogP contribution is 2.52. The second-order valence-corrected chi connectivity index (χ2v) is 23.9. The average Bonchev–Trinajstić information content (AvgIpc) is 1.29. The van der Waals surface area contributed by atoms with Crippen molar-refractivity contribution in [3.8, 4) is 51.1 Å². The number of hydrogen-bond donors (Lipinski definition) is 0. The monoisotopic (exact) mass is 1010 g/mol. The van der Waals surface area contributed by atoms with Gasteiger partial charge in [-0.25, -0.2) is 4.98 Å². The Kier molecular flexibility index (Phi) is 9.80. The molecular weight excluding hydrogens is 929 g/mol. The summed E-state index contributed by atoms with van der Waals surface area (Å²) in [5.74, 6) is 3.28. The van der Waals surface area contributed by atoms with Crippen molar-refractivity contribution in [3.05, 3.63) is 216 Å². The van der Waals surface area contributed by atoms with Crippen LogP contribution in [0.15, 0.2) is 194 Å². The van der Waals surface area contributed by atoms with E-state index in [1.807, 2.05) is 111 Å². The van der Waals surface area contributed by atoms with E-state index in [1.165, 1.54) is 5.56 Å². The molecule has 0 unspecified atom stereocenters. The second kappa shape index (κ2) is 18.9. The van der Waals surface area contributed by atoms with E-state index >= 15 is 0 Å². The Balaban J connectivity index is 1.01. The lowest BCUT2D eigenvalue weighted by Gasteiger charge is -2.33. The van der Waals surface area contributed by atoms with Crippen LogP contribution in [-0.2, 0) is 21.7 Å². The Bertz CT molecular complexity index is 4230. The van der Waals surface area contributed by atoms with Crippen molar-refractivity contribution in [2.45, 2.75) is 105 Å². The molecule has 6 heteroatoms. The van der Waals surface area contributed by atoms with Crippen LogP contribution in [0, 0.1) is 0 Å². The maximum atomic E-state index is 9.31. The van der Waals surface area contributed by atoms with Crippen molar-refractivity contribution in [1.29, 1.82) is 0 Å². The second-order valence-electron chi connectivity index (χ2n) is 23.9. The van der Waals surface area contributed by atoms with Gasteiger partial charge in [0.25, 0.3) is 0 Å². The van der Waals surface area contributed by atoms with Crippen molar-refractivity contribution in [1.82, 2.24) is 9.55 Å². The van der Waals surface area contributed by atoms with Crippen molar-refractivity contribution < 1.29 is 23.2 Å². The molecule has 11 rings (SSSR count). The molecule has 0 saturated heterocycles. The summed E-state index contributed by atoms with van der Waals surface area (Å²) in [5, 5.41) is 2.05. The summed E-state index contributed by atoms with van der Waals surface area (Å²) in [4.78, 5) is 8.97. The molecule has 0 bridgehead atoms. The molecule has 0 N–H and O–H groups in total. The zero-order valence-electron chi connectivity index (χ0n) is 55.5. The molecular formula is C70H70N4O2. The minimum absolute atomic E-state index is 0.0713. The van der Waals surface area contributed by atoms with Crippen molar-refractivity contribution in [2.75, 3.05) is 16.5 Å². The number of anilines is 4. The first-order valence-electron chi connectivity index (χ1n) is 31.0. The number of hydrogen-bond acceptors (Lipinski definition) is 5. The first-order chi connectivity index (χ1) is 40.3. The highest BCUT2D eigenvalue weighted by molar-refractivity contribution is 6.09. The van der Waals surface area contributed by atoms with Crippen LogP contribution >= 0.6 is 0 Å². The lowest BCUT2D eigenvalue weighted by atomic mass is 9.74. The van der Waals surface area contributed by atoms with Crippen LogP contribution in [0.3, 0.4) is 0 Å². The predicted octanol–water partition coefficient (Wildman–Crippen LogP) is 19.5. The number of benzene rings is 8. The molecule has 0 radical (unpaired) electrons. The van der Waals surface area contributed by atoms with Crippen molar-refractivity contribution >= 4 is 44.6 Å². The van der Waals surface area contributed by atoms with E-state index in [1.54, 1.807) is 18.3 Å². The lowest BCUT2D eigenvalue weighted by Crippen LogP contribution is -2.25. The summed E-state index contributed by atoms with van der Waals surface area (Å²) in [7, 11) is 0. The molecule has 6 nitrogen and oxygen atoms in total. The maximum absolute atomic E-state index is 9.31. The maximum Gasteiger partial charge on any atom is 0.141 e. The van der Waals surface area contributed by atoms with Gasteiger partial charge in [-0.1, -0.05) is 192 Å². The molecule has 0 fully saturated rings. The SMILES string of the molecule is [2H]c1c([2H])c([2H])c(-c2cc(C(C)(C)C)cc(-c3c([2H])c([2H])c([2H])c([2H])c3[2H])c2N2CN(c3cccc(Oc4ccc5c6ccccc6n(-c6cc(Oc7c(C(C)(C)C)cc(C(C)(C)C)cc7C(C)(C)C)ccn6)c5c4)c3)c3ccccc32)c([2H])c1[2H]. The quantitative estimate of drug-likeness (QED) is 0.144. The lowest BCUT2D eigenvalue weighted by molar-refractivity contribution is 0.429. The van der Waals surface area contributed by atoms with Crippen LogP contribution in [-0.4, -0.2) is 16.2 Å². The third-order valence-corrected chi connectivity index (χ3v) is 14.3. The van der Waals surface area contributed by atoms with E-state index in [0.29, 0.717) is 40.0 Å². The summed E-state index contributed by atoms with van der Waals surface area (Å²) in [5.41, 5.74) is 7.62. The standard InChI is InChI=1S/C70H70N4O2/c1-67(2,3)48-38-56(46-24-15-13-16-25-46)65(57(39-48)47-26-17-14-18-27-47)73-45-72(61-32-21-22-33-62(61)73)50-28-23-29-51(42-50)75-52-34-35-55-54-30-19-20-31-60(54)74(63(55)43-52)64-44-53(36-37-71-64)76-66-58(69(7,8)9)40-49(68(4,5)6)41-59(66)70(10,11)12/h13-44H,45H2,1-12H3/i13D,14D,15D,16D,17D,18D,24D,25D,26D,27D. The van der Waals surface area contributed by atoms with Gasteiger partial charge in [-0.05, 0) is 105 Å². The molecule has 1 aliphatic heterocycles. The number of para-hydroxylation sites is 3. The molecule has 0 spiro atoms. The van der Waals surface area contributed by atoms with Gasteiger partial charge in [-0.15, -0.1) is 0 Å². The zero-order valence-corrected chi connectivity index (χ0v) is 45.5. The number of rotatable bonds is 9. The van der Waals surface area contributed by atoms with E-state index < -0.39 is 65.8 Å². The molecule has 0 amide bonds. The molecule has 2 aromatic heterocycles. The third kappa shape index (κ3) is 9.51. The summed E-state index contributed by atoms with van der Waals surface area (Å²) >= 11 is 0. The summed E-state index contributed by atoms with van der Waals surface area (Å²) < 4.78 is 106. The minimum Gasteiger partial charge on any atom is -0.457 e. The fraction of sp³-hybridized carbons (Fsp3) is 0.243. The zero-order chi connectivity index (χ0) is 62.0. The fourth-order valence-electron chi connectivity index (χ4n) is 10.2. The van der Waals surface area contributed by atoms with Gasteiger partial charge in [-0.2, -0.15) is 0 Å². The Hall–Kier alpha value is -8.09. The van der Waals surface area contributed by atoms with Gasteiger partial charge in [0.15, 0.2) is 0 Å². The minimum atomic E-state index is -0.622. The van der Waals surface area contributed by atoms with E-state index in [-0.39, 0.29) is 45.2 Å². The molecule has 3 heterocycles. The molecule has 8 aromatic carbocycles. The Morgan fingerprint density at radius 1 is 0.461 bits per heavy atom. The van der Waals surface area contributed by atoms with E-state index in [4.69, 9.17) is 22.7 Å². The topological polar surface area (TPSA) is 42.8 Å². The average molecular weight is 1010 g/mol. The van der Waals surface area contributed by atoms with Crippen LogP contribution in [0.5, 0.6) is 23.0 Å². The smallest absolute Gasteiger partial charge is 0.141 e. The highest BCUT2D eigenvalue weighted by Gasteiger charge is 2.34. The van der Waals surface area contributed by atoms with Gasteiger partial charge < -0.3 is 19.3 Å². The van der Waals surface area contributed by atoms with Gasteiger partial charge in [0, 0.05) is 63.1 Å². The number of pyridine rings is 1. The van der Waals surface area contributed by atoms with Crippen molar-refractivity contribution in [2.24, 2.45) is 0 Å². The Labute approximate surface area is 464 Å². The highest BCUT2D eigenvalue weighted by atomic mass is 16.5. The number of fused-ring (bicyclic) bond motifs is 4. The summed E-state index contributed by atoms with van der Waals surface area (Å²) in [6.45, 7) is 26.1. The number of ether oxygens (including phenoxy) is 2. The molecule has 382 valence electrons. The van der Waals surface area contributed by atoms with E-state index in [0.717, 1.165) is 50.1 Å². The van der Waals surface area contributed by atoms with Crippen LogP contribution in [0.1, 0.15) is 119 Å². The molecule has 0 atom stereocenters.